The van der Waals surface area contributed by atoms with Crippen molar-refractivity contribution in [3.8, 4) is 17.0 Å². The van der Waals surface area contributed by atoms with E-state index in [1.54, 1.807) is 6.07 Å². The molecular formula is C21H22FN3O. The number of nitrogens with one attached hydrogen (secondary N) is 1. The second-order valence-corrected chi connectivity index (χ2v) is 7.14. The van der Waals surface area contributed by atoms with Gasteiger partial charge in [-0.2, -0.15) is 0 Å². The normalized spacial score (nSPS) is 20.4. The van der Waals surface area contributed by atoms with Gasteiger partial charge in [-0.05, 0) is 61.7 Å². The number of fused-ring (bicyclic) bond motifs is 1. The Kier molecular flexibility index (Phi) is 4.32. The number of benzene rings is 1. The van der Waals surface area contributed by atoms with Crippen molar-refractivity contribution in [2.45, 2.75) is 32.4 Å². The summed E-state index contributed by atoms with van der Waals surface area (Å²) in [6.45, 7) is 5.07. The highest BCUT2D eigenvalue weighted by Gasteiger charge is 2.23. The van der Waals surface area contributed by atoms with Crippen LogP contribution in [0.3, 0.4) is 0 Å². The van der Waals surface area contributed by atoms with Gasteiger partial charge in [0.25, 0.3) is 0 Å². The number of hydrogen-bond donors (Lipinski definition) is 2. The zero-order valence-corrected chi connectivity index (χ0v) is 15.0. The van der Waals surface area contributed by atoms with Crippen molar-refractivity contribution in [3.63, 3.8) is 0 Å². The first-order valence-electron chi connectivity index (χ1n) is 8.94. The quantitative estimate of drug-likeness (QED) is 0.732. The molecule has 2 atom stereocenters. The van der Waals surface area contributed by atoms with Crippen molar-refractivity contribution in [1.82, 2.24) is 15.3 Å². The number of alkyl halides is 1. The number of phenolic OH excluding ortho intramolecular Hbond substituents is 1. The number of rotatable bonds is 2. The fraction of sp³-hybridized carbons (Fsp3) is 0.333. The summed E-state index contributed by atoms with van der Waals surface area (Å²) in [6, 6.07) is 11.6. The van der Waals surface area contributed by atoms with E-state index in [0.29, 0.717) is 24.3 Å². The maximum atomic E-state index is 13.7. The highest BCUT2D eigenvalue weighted by molar-refractivity contribution is 5.81. The summed E-state index contributed by atoms with van der Waals surface area (Å²) in [5.74, 6) is 0.283. The molecule has 3 aromatic rings. The Morgan fingerprint density at radius 1 is 1.08 bits per heavy atom. The first kappa shape index (κ1) is 16.9. The van der Waals surface area contributed by atoms with Crippen LogP contribution in [0.15, 0.2) is 36.4 Å². The molecule has 4 rings (SSSR count). The lowest BCUT2D eigenvalue weighted by Crippen LogP contribution is -2.36. The number of aromatic hydroxyl groups is 1. The lowest BCUT2D eigenvalue weighted by Gasteiger charge is -2.25. The molecule has 1 aliphatic rings. The summed E-state index contributed by atoms with van der Waals surface area (Å²) in [4.78, 5) is 9.38. The summed E-state index contributed by atoms with van der Waals surface area (Å²) in [7, 11) is 0. The van der Waals surface area contributed by atoms with Crippen molar-refractivity contribution in [2.24, 2.45) is 0 Å². The largest absolute Gasteiger partial charge is 0.507 e. The van der Waals surface area contributed by atoms with Crippen LogP contribution in [0.25, 0.3) is 22.3 Å². The molecule has 1 aromatic carbocycles. The van der Waals surface area contributed by atoms with Crippen LogP contribution in [0.1, 0.15) is 29.2 Å². The van der Waals surface area contributed by atoms with Gasteiger partial charge in [-0.15, -0.1) is 0 Å². The number of pyridine rings is 2. The highest BCUT2D eigenvalue weighted by Crippen LogP contribution is 2.33. The fourth-order valence-electron chi connectivity index (χ4n) is 3.77. The number of nitrogens with zero attached hydrogens (tertiary/aromatic N) is 2. The molecular weight excluding hydrogens is 329 g/mol. The second-order valence-electron chi connectivity index (χ2n) is 7.14. The molecule has 2 aromatic heterocycles. The van der Waals surface area contributed by atoms with Gasteiger partial charge < -0.3 is 10.4 Å². The van der Waals surface area contributed by atoms with Crippen molar-refractivity contribution in [3.05, 3.63) is 53.2 Å². The maximum absolute atomic E-state index is 13.7. The van der Waals surface area contributed by atoms with Crippen LogP contribution in [-0.4, -0.2) is 34.3 Å². The SMILES string of the molecule is Cc1cc(C)c(-c2ccc3ccc(C4CNCC(F)C4)nc3n2)c(O)c1. The molecule has 1 fully saturated rings. The third-order valence-electron chi connectivity index (χ3n) is 5.00. The van der Waals surface area contributed by atoms with Gasteiger partial charge in [-0.3, -0.25) is 0 Å². The molecule has 1 saturated heterocycles. The molecule has 26 heavy (non-hydrogen) atoms. The highest BCUT2D eigenvalue weighted by atomic mass is 19.1. The molecule has 3 heterocycles. The van der Waals surface area contributed by atoms with Gasteiger partial charge in [-0.25, -0.2) is 14.4 Å². The Hall–Kier alpha value is -2.53. The lowest BCUT2D eigenvalue weighted by atomic mass is 9.94. The van der Waals surface area contributed by atoms with Gasteiger partial charge in [0.2, 0.25) is 0 Å². The number of phenols is 1. The summed E-state index contributed by atoms with van der Waals surface area (Å²) in [5, 5.41) is 14.4. The number of halogens is 1. The van der Waals surface area contributed by atoms with Crippen LogP contribution < -0.4 is 5.32 Å². The third kappa shape index (κ3) is 3.15. The molecule has 5 heteroatoms. The summed E-state index contributed by atoms with van der Waals surface area (Å²) in [5.41, 5.74) is 4.90. The topological polar surface area (TPSA) is 58.0 Å². The van der Waals surface area contributed by atoms with Crippen LogP contribution >= 0.6 is 0 Å². The second kappa shape index (κ2) is 6.65. The molecule has 2 N–H and O–H groups in total. The van der Waals surface area contributed by atoms with Crippen LogP contribution in [0.5, 0.6) is 5.75 Å². The number of hydrogen-bond acceptors (Lipinski definition) is 4. The van der Waals surface area contributed by atoms with E-state index in [0.717, 1.165) is 34.3 Å². The van der Waals surface area contributed by atoms with E-state index >= 15 is 0 Å². The molecule has 0 radical (unpaired) electrons. The maximum Gasteiger partial charge on any atom is 0.160 e. The predicted molar refractivity (Wildman–Crippen MR) is 101 cm³/mol. The molecule has 4 nitrogen and oxygen atoms in total. The van der Waals surface area contributed by atoms with Crippen LogP contribution in [-0.2, 0) is 0 Å². The molecule has 0 spiro atoms. The minimum absolute atomic E-state index is 0.0584. The minimum Gasteiger partial charge on any atom is -0.507 e. The first-order chi connectivity index (χ1) is 12.5. The molecule has 0 bridgehead atoms. The lowest BCUT2D eigenvalue weighted by molar-refractivity contribution is 0.245. The van der Waals surface area contributed by atoms with Gasteiger partial charge >= 0.3 is 0 Å². The standard InChI is InChI=1S/C21H22FN3O/c1-12-7-13(2)20(19(26)8-12)18-6-4-14-3-5-17(24-21(14)25-18)15-9-16(22)11-23-10-15/h3-8,15-16,23,26H,9-11H2,1-2H3. The van der Waals surface area contributed by atoms with Crippen LogP contribution in [0, 0.1) is 13.8 Å². The average Bonchev–Trinajstić information content (AvgIpc) is 2.60. The van der Waals surface area contributed by atoms with Crippen molar-refractivity contribution in [1.29, 1.82) is 0 Å². The molecule has 0 amide bonds. The summed E-state index contributed by atoms with van der Waals surface area (Å²) >= 11 is 0. The van der Waals surface area contributed by atoms with Crippen molar-refractivity contribution >= 4 is 11.0 Å². The first-order valence-corrected chi connectivity index (χ1v) is 8.94. The molecule has 1 aliphatic heterocycles. The Balaban J connectivity index is 1.77. The molecule has 0 aliphatic carbocycles. The van der Waals surface area contributed by atoms with Crippen LogP contribution in [0.4, 0.5) is 4.39 Å². The Morgan fingerprint density at radius 2 is 1.88 bits per heavy atom. The molecule has 0 saturated carbocycles. The van der Waals surface area contributed by atoms with E-state index in [-0.39, 0.29) is 11.7 Å². The van der Waals surface area contributed by atoms with Gasteiger partial charge in [-0.1, -0.05) is 6.07 Å². The van der Waals surface area contributed by atoms with Gasteiger partial charge in [0, 0.05) is 35.7 Å². The molecule has 2 unspecified atom stereocenters. The summed E-state index contributed by atoms with van der Waals surface area (Å²) in [6.07, 6.45) is -0.346. The van der Waals surface area contributed by atoms with Crippen molar-refractivity contribution in [2.75, 3.05) is 13.1 Å². The van der Waals surface area contributed by atoms with E-state index in [2.05, 4.69) is 10.3 Å². The smallest absolute Gasteiger partial charge is 0.160 e. The minimum atomic E-state index is -0.835. The Morgan fingerprint density at radius 3 is 2.65 bits per heavy atom. The monoisotopic (exact) mass is 351 g/mol. The predicted octanol–water partition coefficient (Wildman–Crippen LogP) is 4.03. The van der Waals surface area contributed by atoms with Gasteiger partial charge in [0.1, 0.15) is 11.9 Å². The number of aryl methyl sites for hydroxylation is 2. The van der Waals surface area contributed by atoms with E-state index in [1.165, 1.54) is 0 Å². The van der Waals surface area contributed by atoms with E-state index in [1.807, 2.05) is 44.2 Å². The zero-order chi connectivity index (χ0) is 18.3. The van der Waals surface area contributed by atoms with Crippen molar-refractivity contribution < 1.29 is 9.50 Å². The molecule has 134 valence electrons. The van der Waals surface area contributed by atoms with Crippen LogP contribution in [0.2, 0.25) is 0 Å². The number of aromatic nitrogens is 2. The zero-order valence-electron chi connectivity index (χ0n) is 15.0. The Bertz CT molecular complexity index is 950. The number of piperidine rings is 1. The van der Waals surface area contributed by atoms with Gasteiger partial charge in [0.05, 0.1) is 5.69 Å². The fourth-order valence-corrected chi connectivity index (χ4v) is 3.77. The van der Waals surface area contributed by atoms with E-state index < -0.39 is 6.17 Å². The Labute approximate surface area is 152 Å². The van der Waals surface area contributed by atoms with Gasteiger partial charge in [0.15, 0.2) is 5.65 Å². The summed E-state index contributed by atoms with van der Waals surface area (Å²) < 4.78 is 13.7. The van der Waals surface area contributed by atoms with E-state index in [4.69, 9.17) is 4.98 Å². The van der Waals surface area contributed by atoms with E-state index in [9.17, 15) is 9.50 Å². The third-order valence-corrected chi connectivity index (χ3v) is 5.00. The average molecular weight is 351 g/mol.